The minimum Gasteiger partial charge on any atom is -0.491 e. The molecule has 1 N–H and O–H groups in total. The summed E-state index contributed by atoms with van der Waals surface area (Å²) in [5, 5.41) is 9.10. The number of benzene rings is 1. The van der Waals surface area contributed by atoms with Crippen LogP contribution in [0.1, 0.15) is 24.7 Å². The Morgan fingerprint density at radius 3 is 2.47 bits per heavy atom. The minimum atomic E-state index is -0.698. The molecule has 1 aromatic rings. The van der Waals surface area contributed by atoms with Gasteiger partial charge in [-0.3, -0.25) is 4.79 Å². The topological polar surface area (TPSA) is 46.5 Å². The van der Waals surface area contributed by atoms with Crippen LogP contribution in [-0.2, 0) is 4.79 Å². The Balaban J connectivity index is 2.05. The Bertz CT molecular complexity index is 400. The standard InChI is InChI=1S/C13H16O3S/c1-8(2)16-10-5-3-9(4-6-10)12-11(7-17-12)13(14)15/h3-6,8,11-12H,7H2,1-2H3,(H,14,15). The van der Waals surface area contributed by atoms with Crippen LogP contribution in [0, 0.1) is 5.92 Å². The van der Waals surface area contributed by atoms with E-state index in [1.54, 1.807) is 11.8 Å². The lowest BCUT2D eigenvalue weighted by Gasteiger charge is -2.33. The first-order valence-corrected chi connectivity index (χ1v) is 6.74. The fourth-order valence-corrected chi connectivity index (χ4v) is 3.01. The van der Waals surface area contributed by atoms with Crippen molar-refractivity contribution >= 4 is 17.7 Å². The number of carboxylic acids is 1. The molecule has 0 radical (unpaired) electrons. The summed E-state index contributed by atoms with van der Waals surface area (Å²) in [6, 6.07) is 7.75. The zero-order chi connectivity index (χ0) is 12.4. The summed E-state index contributed by atoms with van der Waals surface area (Å²) in [6.45, 7) is 3.96. The highest BCUT2D eigenvalue weighted by Crippen LogP contribution is 2.47. The minimum absolute atomic E-state index is 0.0978. The van der Waals surface area contributed by atoms with E-state index in [0.717, 1.165) is 11.3 Å². The number of thioether (sulfide) groups is 1. The van der Waals surface area contributed by atoms with E-state index in [9.17, 15) is 4.79 Å². The van der Waals surface area contributed by atoms with E-state index < -0.39 is 5.97 Å². The van der Waals surface area contributed by atoms with Crippen molar-refractivity contribution in [3.63, 3.8) is 0 Å². The molecule has 0 aliphatic carbocycles. The molecule has 17 heavy (non-hydrogen) atoms. The highest BCUT2D eigenvalue weighted by atomic mass is 32.2. The fraction of sp³-hybridized carbons (Fsp3) is 0.462. The largest absolute Gasteiger partial charge is 0.491 e. The van der Waals surface area contributed by atoms with Crippen molar-refractivity contribution in [1.82, 2.24) is 0 Å². The van der Waals surface area contributed by atoms with Gasteiger partial charge >= 0.3 is 5.97 Å². The smallest absolute Gasteiger partial charge is 0.308 e. The van der Waals surface area contributed by atoms with Crippen LogP contribution in [0.15, 0.2) is 24.3 Å². The quantitative estimate of drug-likeness (QED) is 0.895. The van der Waals surface area contributed by atoms with E-state index >= 15 is 0 Å². The van der Waals surface area contributed by atoms with Gasteiger partial charge in [-0.25, -0.2) is 0 Å². The molecule has 1 saturated heterocycles. The third-order valence-electron chi connectivity index (χ3n) is 2.72. The lowest BCUT2D eigenvalue weighted by Crippen LogP contribution is -2.30. The third kappa shape index (κ3) is 2.75. The number of hydrogen-bond acceptors (Lipinski definition) is 3. The van der Waals surface area contributed by atoms with Crippen LogP contribution in [0.4, 0.5) is 0 Å². The highest BCUT2D eigenvalue weighted by Gasteiger charge is 2.38. The molecule has 0 bridgehead atoms. The summed E-state index contributed by atoms with van der Waals surface area (Å²) in [5.41, 5.74) is 1.07. The molecule has 4 heteroatoms. The molecule has 1 heterocycles. The molecule has 0 amide bonds. The summed E-state index contributed by atoms with van der Waals surface area (Å²) in [7, 11) is 0. The maximum atomic E-state index is 10.9. The molecular formula is C13H16O3S. The van der Waals surface area contributed by atoms with Crippen LogP contribution in [0.3, 0.4) is 0 Å². The molecule has 2 rings (SSSR count). The van der Waals surface area contributed by atoms with Gasteiger partial charge < -0.3 is 9.84 Å². The SMILES string of the molecule is CC(C)Oc1ccc(C2SCC2C(=O)O)cc1. The Hall–Kier alpha value is -1.16. The van der Waals surface area contributed by atoms with Gasteiger partial charge in [0.15, 0.2) is 0 Å². The summed E-state index contributed by atoms with van der Waals surface area (Å²) >= 11 is 1.69. The van der Waals surface area contributed by atoms with E-state index in [-0.39, 0.29) is 17.3 Å². The summed E-state index contributed by atoms with van der Waals surface area (Å²) < 4.78 is 5.55. The van der Waals surface area contributed by atoms with Crippen LogP contribution in [0.2, 0.25) is 0 Å². The summed E-state index contributed by atoms with van der Waals surface area (Å²) in [5.74, 6) is 0.609. The maximum Gasteiger partial charge on any atom is 0.308 e. The van der Waals surface area contributed by atoms with Gasteiger partial charge in [0.05, 0.1) is 12.0 Å². The Morgan fingerprint density at radius 1 is 1.41 bits per heavy atom. The van der Waals surface area contributed by atoms with E-state index in [1.807, 2.05) is 38.1 Å². The first-order chi connectivity index (χ1) is 8.08. The Labute approximate surface area is 105 Å². The number of carbonyl (C=O) groups is 1. The summed E-state index contributed by atoms with van der Waals surface area (Å²) in [6.07, 6.45) is 0.158. The van der Waals surface area contributed by atoms with Crippen molar-refractivity contribution in [3.8, 4) is 5.75 Å². The molecule has 2 unspecified atom stereocenters. The average Bonchev–Trinajstić information content (AvgIpc) is 2.17. The number of rotatable bonds is 4. The van der Waals surface area contributed by atoms with Gasteiger partial charge in [0, 0.05) is 11.0 Å². The van der Waals surface area contributed by atoms with E-state index in [2.05, 4.69) is 0 Å². The van der Waals surface area contributed by atoms with Gasteiger partial charge in [0.2, 0.25) is 0 Å². The Kier molecular flexibility index (Phi) is 3.62. The number of ether oxygens (including phenoxy) is 1. The first kappa shape index (κ1) is 12.3. The fourth-order valence-electron chi connectivity index (χ4n) is 1.83. The molecule has 1 aromatic carbocycles. The Morgan fingerprint density at radius 2 is 2.06 bits per heavy atom. The van der Waals surface area contributed by atoms with Gasteiger partial charge in [-0.15, -0.1) is 0 Å². The van der Waals surface area contributed by atoms with Gasteiger partial charge in [-0.2, -0.15) is 11.8 Å². The lowest BCUT2D eigenvalue weighted by atomic mass is 9.99. The van der Waals surface area contributed by atoms with E-state index in [4.69, 9.17) is 9.84 Å². The van der Waals surface area contributed by atoms with Crippen LogP contribution in [0.5, 0.6) is 5.75 Å². The van der Waals surface area contributed by atoms with Gasteiger partial charge in [-0.1, -0.05) is 12.1 Å². The zero-order valence-electron chi connectivity index (χ0n) is 9.92. The molecule has 1 aliphatic rings. The maximum absolute atomic E-state index is 10.9. The third-order valence-corrected chi connectivity index (χ3v) is 4.23. The van der Waals surface area contributed by atoms with Crippen LogP contribution < -0.4 is 4.74 Å². The molecule has 2 atom stereocenters. The van der Waals surface area contributed by atoms with Crippen molar-refractivity contribution in [2.45, 2.75) is 25.2 Å². The van der Waals surface area contributed by atoms with Crippen molar-refractivity contribution in [3.05, 3.63) is 29.8 Å². The molecule has 0 saturated carbocycles. The number of hydrogen-bond donors (Lipinski definition) is 1. The molecule has 0 aromatic heterocycles. The van der Waals surface area contributed by atoms with Crippen LogP contribution >= 0.6 is 11.8 Å². The molecule has 1 fully saturated rings. The summed E-state index contributed by atoms with van der Waals surface area (Å²) in [4.78, 5) is 10.9. The second-order valence-electron chi connectivity index (χ2n) is 4.43. The second-order valence-corrected chi connectivity index (χ2v) is 5.61. The van der Waals surface area contributed by atoms with E-state index in [1.165, 1.54) is 0 Å². The lowest BCUT2D eigenvalue weighted by molar-refractivity contribution is -0.141. The van der Waals surface area contributed by atoms with Crippen LogP contribution in [0.25, 0.3) is 0 Å². The van der Waals surface area contributed by atoms with E-state index in [0.29, 0.717) is 5.75 Å². The van der Waals surface area contributed by atoms with Crippen molar-refractivity contribution in [2.75, 3.05) is 5.75 Å². The molecule has 1 aliphatic heterocycles. The highest BCUT2D eigenvalue weighted by molar-refractivity contribution is 8.01. The van der Waals surface area contributed by atoms with Crippen LogP contribution in [-0.4, -0.2) is 22.9 Å². The van der Waals surface area contributed by atoms with Crippen molar-refractivity contribution < 1.29 is 14.6 Å². The predicted molar refractivity (Wildman–Crippen MR) is 68.5 cm³/mol. The monoisotopic (exact) mass is 252 g/mol. The molecular weight excluding hydrogens is 236 g/mol. The van der Waals surface area contributed by atoms with Gasteiger partial charge in [-0.05, 0) is 31.5 Å². The zero-order valence-corrected chi connectivity index (χ0v) is 10.7. The molecule has 3 nitrogen and oxygen atoms in total. The van der Waals surface area contributed by atoms with Crippen molar-refractivity contribution in [1.29, 1.82) is 0 Å². The van der Waals surface area contributed by atoms with Gasteiger partial charge in [0.25, 0.3) is 0 Å². The number of carboxylic acid groups (broad SMARTS) is 1. The molecule has 92 valence electrons. The molecule has 0 spiro atoms. The van der Waals surface area contributed by atoms with Crippen molar-refractivity contribution in [2.24, 2.45) is 5.92 Å². The number of aliphatic carboxylic acids is 1. The van der Waals surface area contributed by atoms with Gasteiger partial charge in [0.1, 0.15) is 5.75 Å². The average molecular weight is 252 g/mol. The normalized spacial score (nSPS) is 23.2. The second kappa shape index (κ2) is 5.00. The predicted octanol–water partition coefficient (Wildman–Crippen LogP) is 2.96. The first-order valence-electron chi connectivity index (χ1n) is 5.69.